The first-order valence-electron chi connectivity index (χ1n) is 14.8. The zero-order valence-electron chi connectivity index (χ0n) is 24.6. The number of aryl methyl sites for hydroxylation is 1. The number of hydrogen-bond donors (Lipinski definition) is 1. The molecule has 6 rings (SSSR count). The predicted octanol–water partition coefficient (Wildman–Crippen LogP) is 5.74. The number of carbonyl (C=O) groups excluding carboxylic acids is 2. The number of oxazole rings is 1. The molecule has 0 radical (unpaired) electrons. The quantitative estimate of drug-likeness (QED) is 0.248. The van der Waals surface area contributed by atoms with E-state index in [9.17, 15) is 14.7 Å². The number of hydrogen-bond acceptors (Lipinski definition) is 8. The molecule has 1 aromatic heterocycles. The summed E-state index contributed by atoms with van der Waals surface area (Å²) in [7, 11) is 0. The number of aliphatic hydroxyl groups is 1. The summed E-state index contributed by atoms with van der Waals surface area (Å²) >= 11 is 0. The number of ether oxygens (including phenoxy) is 3. The zero-order chi connectivity index (χ0) is 30.6. The largest absolute Gasteiger partial charge is 0.461 e. The molecule has 0 unspecified atom stereocenters. The number of amides is 2. The molecule has 0 bridgehead atoms. The van der Waals surface area contributed by atoms with Gasteiger partial charge in [-0.25, -0.2) is 14.7 Å². The number of rotatable bonds is 10. The van der Waals surface area contributed by atoms with Gasteiger partial charge in [0.1, 0.15) is 30.0 Å². The van der Waals surface area contributed by atoms with Crippen molar-refractivity contribution in [1.29, 1.82) is 0 Å². The van der Waals surface area contributed by atoms with E-state index in [2.05, 4.69) is 0 Å². The van der Waals surface area contributed by atoms with Gasteiger partial charge in [-0.05, 0) is 62.1 Å². The first kappa shape index (κ1) is 29.3. The molecular weight excluding hydrogens is 560 g/mol. The maximum absolute atomic E-state index is 13.8. The van der Waals surface area contributed by atoms with E-state index in [-0.39, 0.29) is 13.2 Å². The minimum atomic E-state index is -1.34. The Morgan fingerprint density at radius 2 is 1.82 bits per heavy atom. The summed E-state index contributed by atoms with van der Waals surface area (Å²) in [5, 5.41) is 11.6. The molecule has 9 heteroatoms. The Balaban J connectivity index is 1.20. The summed E-state index contributed by atoms with van der Waals surface area (Å²) in [6, 6.07) is 24.1. The normalized spacial score (nSPS) is 17.3. The smallest absolute Gasteiger partial charge is 0.417 e. The number of imide groups is 1. The number of aromatic nitrogens is 1. The van der Waals surface area contributed by atoms with E-state index in [0.717, 1.165) is 27.3 Å². The van der Waals surface area contributed by atoms with E-state index in [1.807, 2.05) is 79.7 Å². The maximum Gasteiger partial charge on any atom is 0.417 e. The SMILES string of the molecule is CCO[C@H](C(=O)N1C(=O)OC[C@@H]1Cc1ccccc1)[C@H](O)c1cccc2c1CC=C(Cc1nc(-c3ccccc3)oc1C)O2. The van der Waals surface area contributed by atoms with E-state index < -0.39 is 30.3 Å². The Morgan fingerprint density at radius 1 is 1.07 bits per heavy atom. The molecule has 1 N–H and O–H groups in total. The summed E-state index contributed by atoms with van der Waals surface area (Å²) < 4.78 is 23.2. The summed E-state index contributed by atoms with van der Waals surface area (Å²) in [4.78, 5) is 32.3. The van der Waals surface area contributed by atoms with Gasteiger partial charge in [0.2, 0.25) is 5.89 Å². The van der Waals surface area contributed by atoms with Crippen LogP contribution < -0.4 is 4.74 Å². The molecule has 0 saturated carbocycles. The number of allylic oxidation sites excluding steroid dienone is 2. The third-order valence-electron chi connectivity index (χ3n) is 7.91. The molecule has 4 aromatic rings. The molecule has 226 valence electrons. The van der Waals surface area contributed by atoms with Crippen molar-refractivity contribution in [2.45, 2.75) is 51.4 Å². The Labute approximate surface area is 255 Å². The van der Waals surface area contributed by atoms with Gasteiger partial charge in [0.25, 0.3) is 5.91 Å². The topological polar surface area (TPSA) is 111 Å². The van der Waals surface area contributed by atoms with Crippen LogP contribution in [0.1, 0.15) is 41.2 Å². The lowest BCUT2D eigenvalue weighted by Gasteiger charge is -2.29. The number of aliphatic hydroxyl groups excluding tert-OH is 1. The van der Waals surface area contributed by atoms with Crippen LogP contribution in [0, 0.1) is 6.92 Å². The molecule has 1 saturated heterocycles. The van der Waals surface area contributed by atoms with Crippen molar-refractivity contribution in [3.63, 3.8) is 0 Å². The average molecular weight is 595 g/mol. The highest BCUT2D eigenvalue weighted by Gasteiger charge is 2.44. The van der Waals surface area contributed by atoms with Crippen molar-refractivity contribution >= 4 is 12.0 Å². The minimum absolute atomic E-state index is 0.0778. The molecule has 0 aliphatic carbocycles. The molecule has 0 spiro atoms. The molecule has 1 fully saturated rings. The van der Waals surface area contributed by atoms with E-state index in [1.54, 1.807) is 19.1 Å². The van der Waals surface area contributed by atoms with Gasteiger partial charge in [-0.15, -0.1) is 0 Å². The lowest BCUT2D eigenvalue weighted by Crippen LogP contribution is -2.48. The molecule has 3 heterocycles. The van der Waals surface area contributed by atoms with Gasteiger partial charge in [0, 0.05) is 17.7 Å². The van der Waals surface area contributed by atoms with Crippen LogP contribution in [0.3, 0.4) is 0 Å². The molecule has 2 amide bonds. The zero-order valence-corrected chi connectivity index (χ0v) is 24.6. The van der Waals surface area contributed by atoms with Gasteiger partial charge >= 0.3 is 6.09 Å². The highest BCUT2D eigenvalue weighted by atomic mass is 16.6. The number of cyclic esters (lactones) is 1. The van der Waals surface area contributed by atoms with Crippen LogP contribution in [0.25, 0.3) is 11.5 Å². The molecule has 9 nitrogen and oxygen atoms in total. The summed E-state index contributed by atoms with van der Waals surface area (Å²) in [6.45, 7) is 3.86. The van der Waals surface area contributed by atoms with Crippen LogP contribution in [0.2, 0.25) is 0 Å². The van der Waals surface area contributed by atoms with Crippen molar-refractivity contribution in [3.05, 3.63) is 119 Å². The average Bonchev–Trinajstić information content (AvgIpc) is 3.60. The van der Waals surface area contributed by atoms with Crippen LogP contribution in [0.15, 0.2) is 95.1 Å². The number of benzene rings is 3. The lowest BCUT2D eigenvalue weighted by atomic mass is 9.93. The van der Waals surface area contributed by atoms with Crippen LogP contribution >= 0.6 is 0 Å². The summed E-state index contributed by atoms with van der Waals surface area (Å²) in [6.07, 6.45) is -0.0995. The van der Waals surface area contributed by atoms with Gasteiger partial charge in [0.15, 0.2) is 6.10 Å². The van der Waals surface area contributed by atoms with Crippen molar-refractivity contribution in [2.24, 2.45) is 0 Å². The Bertz CT molecular complexity index is 1670. The van der Waals surface area contributed by atoms with Gasteiger partial charge in [0.05, 0.1) is 18.2 Å². The van der Waals surface area contributed by atoms with Crippen molar-refractivity contribution in [1.82, 2.24) is 9.88 Å². The Morgan fingerprint density at radius 3 is 2.57 bits per heavy atom. The van der Waals surface area contributed by atoms with Crippen molar-refractivity contribution < 1.29 is 33.3 Å². The van der Waals surface area contributed by atoms with Crippen molar-refractivity contribution in [2.75, 3.05) is 13.2 Å². The predicted molar refractivity (Wildman–Crippen MR) is 162 cm³/mol. The third-order valence-corrected chi connectivity index (χ3v) is 7.91. The van der Waals surface area contributed by atoms with Gasteiger partial charge in [-0.1, -0.05) is 60.7 Å². The second-order valence-corrected chi connectivity index (χ2v) is 10.8. The molecular formula is C35H34N2O7. The van der Waals surface area contributed by atoms with Gasteiger partial charge in [-0.2, -0.15) is 0 Å². The van der Waals surface area contributed by atoms with E-state index in [1.165, 1.54) is 0 Å². The monoisotopic (exact) mass is 594 g/mol. The lowest BCUT2D eigenvalue weighted by molar-refractivity contribution is -0.149. The standard InChI is InChI=1S/C35H34N2O7/c1-3-41-32(34(39)37-25(21-42-35(37)40)19-23-11-6-4-7-12-23)31(38)28-15-10-16-30-27(28)18-17-26(44-30)20-29-22(2)43-33(36-29)24-13-8-5-9-14-24/h4-17,25,31-32,38H,3,18-21H2,1-2H3/t25-,31+,32-/m0/s1. The summed E-state index contributed by atoms with van der Waals surface area (Å²) in [5.74, 6) is 1.92. The molecule has 3 atom stereocenters. The second kappa shape index (κ2) is 12.9. The Hall–Kier alpha value is -4.73. The fourth-order valence-corrected chi connectivity index (χ4v) is 5.69. The number of nitrogens with zero attached hydrogens (tertiary/aromatic N) is 2. The first-order valence-corrected chi connectivity index (χ1v) is 14.8. The summed E-state index contributed by atoms with van der Waals surface area (Å²) in [5.41, 5.74) is 3.89. The first-order chi connectivity index (χ1) is 21.4. The maximum atomic E-state index is 13.8. The van der Waals surface area contributed by atoms with Crippen LogP contribution in [0.4, 0.5) is 4.79 Å². The molecule has 3 aromatic carbocycles. The molecule has 2 aliphatic heterocycles. The highest BCUT2D eigenvalue weighted by molar-refractivity contribution is 5.96. The van der Waals surface area contributed by atoms with E-state index in [4.69, 9.17) is 23.6 Å². The van der Waals surface area contributed by atoms with Crippen LogP contribution in [-0.4, -0.2) is 52.4 Å². The minimum Gasteiger partial charge on any atom is -0.461 e. The van der Waals surface area contributed by atoms with Crippen LogP contribution in [-0.2, 0) is 33.5 Å². The van der Waals surface area contributed by atoms with Gasteiger partial charge < -0.3 is 23.7 Å². The van der Waals surface area contributed by atoms with Crippen molar-refractivity contribution in [3.8, 4) is 17.2 Å². The fraction of sp³-hybridized carbons (Fsp3) is 0.286. The third kappa shape index (κ3) is 6.02. The van der Waals surface area contributed by atoms with E-state index >= 15 is 0 Å². The Kier molecular flexibility index (Phi) is 8.58. The van der Waals surface area contributed by atoms with Crippen LogP contribution in [0.5, 0.6) is 5.75 Å². The number of fused-ring (bicyclic) bond motifs is 1. The number of carbonyl (C=O) groups is 2. The fourth-order valence-electron chi connectivity index (χ4n) is 5.69. The molecule has 2 aliphatic rings. The van der Waals surface area contributed by atoms with E-state index in [0.29, 0.717) is 48.0 Å². The molecule has 44 heavy (non-hydrogen) atoms. The second-order valence-electron chi connectivity index (χ2n) is 10.8. The highest BCUT2D eigenvalue weighted by Crippen LogP contribution is 2.36. The van der Waals surface area contributed by atoms with Gasteiger partial charge in [-0.3, -0.25) is 4.79 Å².